The summed E-state index contributed by atoms with van der Waals surface area (Å²) in [5, 5.41) is 8.46. The highest BCUT2D eigenvalue weighted by Gasteiger charge is 2.09. The molecule has 0 aromatic heterocycles. The van der Waals surface area contributed by atoms with Gasteiger partial charge in [0.25, 0.3) is 5.91 Å². The summed E-state index contributed by atoms with van der Waals surface area (Å²) in [5.41, 5.74) is 2.30. The topological polar surface area (TPSA) is 114 Å². The first kappa shape index (κ1) is 22.8. The smallest absolute Gasteiger partial charge is 0.255 e. The number of amides is 2. The Kier molecular flexibility index (Phi) is 7.11. The van der Waals surface area contributed by atoms with Gasteiger partial charge in [-0.05, 0) is 72.8 Å². The number of carbonyl (C=O) groups excluding carboxylic acids is 2. The van der Waals surface area contributed by atoms with E-state index in [-0.39, 0.29) is 23.3 Å². The predicted molar refractivity (Wildman–Crippen MR) is 124 cm³/mol. The number of methoxy groups -OCH3 is 1. The molecule has 32 heavy (non-hydrogen) atoms. The zero-order valence-electron chi connectivity index (χ0n) is 17.6. The van der Waals surface area contributed by atoms with Crippen molar-refractivity contribution in [2.24, 2.45) is 0 Å². The first-order valence-corrected chi connectivity index (χ1v) is 11.5. The number of nitrogens with one attached hydrogen (secondary N) is 3. The van der Waals surface area contributed by atoms with Gasteiger partial charge in [0, 0.05) is 28.9 Å². The van der Waals surface area contributed by atoms with Crippen LogP contribution in [0, 0.1) is 0 Å². The second-order valence-corrected chi connectivity index (χ2v) is 8.97. The van der Waals surface area contributed by atoms with Crippen LogP contribution in [0.4, 0.5) is 17.1 Å². The van der Waals surface area contributed by atoms with Crippen LogP contribution in [0.5, 0.6) is 5.75 Å². The largest absolute Gasteiger partial charge is 0.497 e. The molecule has 3 rings (SSSR count). The molecule has 0 saturated carbocycles. The van der Waals surface area contributed by atoms with Crippen molar-refractivity contribution in [3.8, 4) is 5.75 Å². The molecule has 0 unspecified atom stereocenters. The van der Waals surface area contributed by atoms with E-state index in [0.29, 0.717) is 28.4 Å². The Morgan fingerprint density at radius 1 is 0.781 bits per heavy atom. The SMILES string of the molecule is COc1ccc(NC(=O)c2ccc(NCC(=O)Nc3ccc(S(C)(=O)=O)cc3)cc2)cc1. The van der Waals surface area contributed by atoms with Gasteiger partial charge in [0.1, 0.15) is 5.75 Å². The molecule has 0 heterocycles. The second kappa shape index (κ2) is 9.97. The lowest BCUT2D eigenvalue weighted by Crippen LogP contribution is -2.21. The van der Waals surface area contributed by atoms with Crippen molar-refractivity contribution in [1.29, 1.82) is 0 Å². The Morgan fingerprint density at radius 3 is 1.88 bits per heavy atom. The normalized spacial score (nSPS) is 10.8. The third-order valence-electron chi connectivity index (χ3n) is 4.51. The van der Waals surface area contributed by atoms with Gasteiger partial charge in [0.05, 0.1) is 18.6 Å². The maximum absolute atomic E-state index is 12.4. The fourth-order valence-corrected chi connectivity index (χ4v) is 3.42. The summed E-state index contributed by atoms with van der Waals surface area (Å²) >= 11 is 0. The molecule has 0 aliphatic carbocycles. The minimum Gasteiger partial charge on any atom is -0.497 e. The molecular weight excluding hydrogens is 430 g/mol. The van der Waals surface area contributed by atoms with Gasteiger partial charge in [0.15, 0.2) is 9.84 Å². The molecule has 166 valence electrons. The molecule has 0 spiro atoms. The summed E-state index contributed by atoms with van der Waals surface area (Å²) in [4.78, 5) is 24.7. The number of carbonyl (C=O) groups is 2. The van der Waals surface area contributed by atoms with Crippen LogP contribution in [-0.2, 0) is 14.6 Å². The van der Waals surface area contributed by atoms with Crippen LogP contribution in [0.2, 0.25) is 0 Å². The van der Waals surface area contributed by atoms with E-state index in [1.165, 1.54) is 24.3 Å². The summed E-state index contributed by atoms with van der Waals surface area (Å²) in [7, 11) is -1.71. The van der Waals surface area contributed by atoms with Gasteiger partial charge in [-0.3, -0.25) is 9.59 Å². The zero-order valence-corrected chi connectivity index (χ0v) is 18.4. The van der Waals surface area contributed by atoms with Gasteiger partial charge in [-0.1, -0.05) is 0 Å². The van der Waals surface area contributed by atoms with Crippen LogP contribution in [0.15, 0.2) is 77.7 Å². The molecule has 3 aromatic rings. The number of anilines is 3. The Balaban J connectivity index is 1.50. The van der Waals surface area contributed by atoms with Crippen LogP contribution in [0.3, 0.4) is 0 Å². The molecule has 0 fully saturated rings. The number of hydrogen-bond acceptors (Lipinski definition) is 6. The first-order chi connectivity index (χ1) is 15.2. The number of hydrogen-bond donors (Lipinski definition) is 3. The summed E-state index contributed by atoms with van der Waals surface area (Å²) < 4.78 is 28.1. The minimum absolute atomic E-state index is 0.00518. The average Bonchev–Trinajstić information content (AvgIpc) is 2.78. The summed E-state index contributed by atoms with van der Waals surface area (Å²) in [6.45, 7) is 0.00518. The van der Waals surface area contributed by atoms with E-state index >= 15 is 0 Å². The van der Waals surface area contributed by atoms with Crippen molar-refractivity contribution in [2.45, 2.75) is 4.90 Å². The highest BCUT2D eigenvalue weighted by Crippen LogP contribution is 2.17. The van der Waals surface area contributed by atoms with Crippen LogP contribution in [0.1, 0.15) is 10.4 Å². The molecule has 0 aliphatic heterocycles. The minimum atomic E-state index is -3.28. The van der Waals surface area contributed by atoms with E-state index in [1.54, 1.807) is 55.6 Å². The molecule has 0 bridgehead atoms. The molecular formula is C23H23N3O5S. The number of ether oxygens (including phenoxy) is 1. The van der Waals surface area contributed by atoms with Gasteiger partial charge in [-0.2, -0.15) is 0 Å². The molecule has 0 atom stereocenters. The van der Waals surface area contributed by atoms with Crippen molar-refractivity contribution in [2.75, 3.05) is 35.9 Å². The summed E-state index contributed by atoms with van der Waals surface area (Å²) in [5.74, 6) is 0.156. The van der Waals surface area contributed by atoms with E-state index in [9.17, 15) is 18.0 Å². The number of rotatable bonds is 8. The highest BCUT2D eigenvalue weighted by molar-refractivity contribution is 7.90. The molecule has 3 aromatic carbocycles. The maximum Gasteiger partial charge on any atom is 0.255 e. The Labute approximate surface area is 186 Å². The van der Waals surface area contributed by atoms with E-state index in [1.807, 2.05) is 0 Å². The predicted octanol–water partition coefficient (Wildman–Crippen LogP) is 3.40. The van der Waals surface area contributed by atoms with Crippen molar-refractivity contribution < 1.29 is 22.7 Å². The van der Waals surface area contributed by atoms with Crippen molar-refractivity contribution in [3.05, 3.63) is 78.4 Å². The van der Waals surface area contributed by atoms with Crippen molar-refractivity contribution in [3.63, 3.8) is 0 Å². The maximum atomic E-state index is 12.4. The van der Waals surface area contributed by atoms with Crippen molar-refractivity contribution >= 4 is 38.7 Å². The Morgan fingerprint density at radius 2 is 1.31 bits per heavy atom. The second-order valence-electron chi connectivity index (χ2n) is 6.96. The van der Waals surface area contributed by atoms with Gasteiger partial charge in [0.2, 0.25) is 5.91 Å². The molecule has 0 saturated heterocycles. The standard InChI is InChI=1S/C23H23N3O5S/c1-31-20-11-7-19(8-12-20)26-23(28)16-3-5-17(6-4-16)24-15-22(27)25-18-9-13-21(14-10-18)32(2,29)30/h3-14,24H,15H2,1-2H3,(H,25,27)(H,26,28). The van der Waals surface area contributed by atoms with E-state index in [2.05, 4.69) is 16.0 Å². The van der Waals surface area contributed by atoms with Crippen molar-refractivity contribution in [1.82, 2.24) is 0 Å². The molecule has 8 nitrogen and oxygen atoms in total. The van der Waals surface area contributed by atoms with Gasteiger partial charge >= 0.3 is 0 Å². The van der Waals surface area contributed by atoms with Crippen LogP contribution >= 0.6 is 0 Å². The summed E-state index contributed by atoms with van der Waals surface area (Å²) in [6, 6.07) is 19.7. The molecule has 0 radical (unpaired) electrons. The lowest BCUT2D eigenvalue weighted by Gasteiger charge is -2.10. The van der Waals surface area contributed by atoms with Gasteiger partial charge in [-0.15, -0.1) is 0 Å². The lowest BCUT2D eigenvalue weighted by molar-refractivity contribution is -0.114. The third-order valence-corrected chi connectivity index (χ3v) is 5.64. The molecule has 3 N–H and O–H groups in total. The van der Waals surface area contributed by atoms with Gasteiger partial charge < -0.3 is 20.7 Å². The lowest BCUT2D eigenvalue weighted by atomic mass is 10.2. The zero-order chi connectivity index (χ0) is 23.1. The molecule has 2 amide bonds. The Bertz CT molecular complexity index is 1190. The number of sulfone groups is 1. The fourth-order valence-electron chi connectivity index (χ4n) is 2.79. The molecule has 9 heteroatoms. The third kappa shape index (κ3) is 6.32. The van der Waals surface area contributed by atoms with E-state index in [0.717, 1.165) is 6.26 Å². The quantitative estimate of drug-likeness (QED) is 0.482. The summed E-state index contributed by atoms with van der Waals surface area (Å²) in [6.07, 6.45) is 1.12. The first-order valence-electron chi connectivity index (χ1n) is 9.64. The monoisotopic (exact) mass is 453 g/mol. The Hall–Kier alpha value is -3.85. The van der Waals surface area contributed by atoms with Crippen LogP contribution < -0.4 is 20.7 Å². The van der Waals surface area contributed by atoms with Gasteiger partial charge in [-0.25, -0.2) is 8.42 Å². The fraction of sp³-hybridized carbons (Fsp3) is 0.130. The molecule has 0 aliphatic rings. The van der Waals surface area contributed by atoms with Crippen LogP contribution in [0.25, 0.3) is 0 Å². The highest BCUT2D eigenvalue weighted by atomic mass is 32.2. The number of benzene rings is 3. The van der Waals surface area contributed by atoms with E-state index < -0.39 is 9.84 Å². The van der Waals surface area contributed by atoms with E-state index in [4.69, 9.17) is 4.74 Å². The van der Waals surface area contributed by atoms with Crippen LogP contribution in [-0.4, -0.2) is 40.1 Å². The average molecular weight is 454 g/mol.